The summed E-state index contributed by atoms with van der Waals surface area (Å²) in [6.07, 6.45) is 2.62. The van der Waals surface area contributed by atoms with E-state index in [-0.39, 0.29) is 11.5 Å². The van der Waals surface area contributed by atoms with Gasteiger partial charge in [0.2, 0.25) is 0 Å². The van der Waals surface area contributed by atoms with Crippen molar-refractivity contribution in [2.75, 3.05) is 38.5 Å². The van der Waals surface area contributed by atoms with Crippen LogP contribution in [-0.4, -0.2) is 48.4 Å². The molecule has 1 saturated heterocycles. The molecule has 3 rings (SSSR count). The maximum absolute atomic E-state index is 13.4. The van der Waals surface area contributed by atoms with E-state index >= 15 is 0 Å². The lowest BCUT2D eigenvalue weighted by Gasteiger charge is -2.34. The van der Waals surface area contributed by atoms with Crippen molar-refractivity contribution in [3.05, 3.63) is 29.3 Å². The Morgan fingerprint density at radius 3 is 2.24 bits per heavy atom. The van der Waals surface area contributed by atoms with Crippen LogP contribution in [0.15, 0.2) is 12.1 Å². The van der Waals surface area contributed by atoms with Gasteiger partial charge in [-0.3, -0.25) is 9.69 Å². The number of carbonyl (C=O) groups is 1. The molecule has 114 valence electrons. The Labute approximate surface area is 122 Å². The Bertz CT molecular complexity index is 529. The number of nitrogen functional groups attached to an aromatic ring is 1. The summed E-state index contributed by atoms with van der Waals surface area (Å²) in [5.74, 6) is -1.28. The van der Waals surface area contributed by atoms with Gasteiger partial charge in [-0.05, 0) is 30.9 Å². The van der Waals surface area contributed by atoms with E-state index < -0.39 is 17.3 Å². The minimum atomic E-state index is -0.884. The second-order valence-electron chi connectivity index (χ2n) is 5.89. The van der Waals surface area contributed by atoms with E-state index in [4.69, 9.17) is 5.73 Å². The molecule has 2 fully saturated rings. The lowest BCUT2D eigenvalue weighted by atomic mass is 10.1. The molecule has 0 radical (unpaired) electrons. The molecule has 0 unspecified atom stereocenters. The van der Waals surface area contributed by atoms with Gasteiger partial charge in [0.05, 0.1) is 0 Å². The predicted molar refractivity (Wildman–Crippen MR) is 75.8 cm³/mol. The zero-order valence-electron chi connectivity index (χ0n) is 11.8. The number of hydrogen-bond acceptors (Lipinski definition) is 3. The van der Waals surface area contributed by atoms with Crippen LogP contribution in [0.1, 0.15) is 23.2 Å². The van der Waals surface area contributed by atoms with Gasteiger partial charge < -0.3 is 10.6 Å². The number of piperazine rings is 1. The highest BCUT2D eigenvalue weighted by atomic mass is 19.1. The smallest absolute Gasteiger partial charge is 0.254 e. The third-order valence-corrected chi connectivity index (χ3v) is 4.20. The van der Waals surface area contributed by atoms with Crippen molar-refractivity contribution in [1.82, 2.24) is 9.80 Å². The quantitative estimate of drug-likeness (QED) is 0.864. The summed E-state index contributed by atoms with van der Waals surface area (Å²) in [4.78, 5) is 16.3. The van der Waals surface area contributed by atoms with Crippen molar-refractivity contribution >= 4 is 11.6 Å². The van der Waals surface area contributed by atoms with Crippen molar-refractivity contribution in [1.29, 1.82) is 0 Å². The second-order valence-corrected chi connectivity index (χ2v) is 5.89. The molecule has 0 bridgehead atoms. The van der Waals surface area contributed by atoms with Gasteiger partial charge in [0, 0.05) is 38.3 Å². The van der Waals surface area contributed by atoms with Crippen LogP contribution in [0.5, 0.6) is 0 Å². The average Bonchev–Trinajstić information content (AvgIpc) is 3.28. The van der Waals surface area contributed by atoms with Crippen molar-refractivity contribution in [3.63, 3.8) is 0 Å². The fraction of sp³-hybridized carbons (Fsp3) is 0.533. The fourth-order valence-corrected chi connectivity index (χ4v) is 2.69. The number of rotatable bonds is 3. The summed E-state index contributed by atoms with van der Waals surface area (Å²) in [6.45, 7) is 3.94. The average molecular weight is 295 g/mol. The van der Waals surface area contributed by atoms with Crippen LogP contribution in [0.2, 0.25) is 0 Å². The first kappa shape index (κ1) is 14.3. The minimum absolute atomic E-state index is 0.0230. The third kappa shape index (κ3) is 3.15. The summed E-state index contributed by atoms with van der Waals surface area (Å²) >= 11 is 0. The molecule has 2 N–H and O–H groups in total. The van der Waals surface area contributed by atoms with E-state index in [9.17, 15) is 13.6 Å². The van der Waals surface area contributed by atoms with E-state index in [1.54, 1.807) is 4.90 Å². The molecule has 0 spiro atoms. The number of amides is 1. The first-order valence-corrected chi connectivity index (χ1v) is 7.30. The van der Waals surface area contributed by atoms with Crippen molar-refractivity contribution < 1.29 is 13.6 Å². The standard InChI is InChI=1S/C15H19F2N3O/c16-12-7-11(8-13(17)14(12)18)15(21)20-5-3-19(4-6-20)9-10-1-2-10/h7-8,10H,1-6,9,18H2. The third-order valence-electron chi connectivity index (χ3n) is 4.20. The molecule has 1 aliphatic carbocycles. The summed E-state index contributed by atoms with van der Waals surface area (Å²) in [7, 11) is 0. The fourth-order valence-electron chi connectivity index (χ4n) is 2.69. The Hall–Kier alpha value is -1.69. The van der Waals surface area contributed by atoms with Crippen LogP contribution in [0.4, 0.5) is 14.5 Å². The highest BCUT2D eigenvalue weighted by Crippen LogP contribution is 2.30. The van der Waals surface area contributed by atoms with Crippen molar-refractivity contribution in [3.8, 4) is 0 Å². The maximum atomic E-state index is 13.4. The van der Waals surface area contributed by atoms with E-state index in [0.717, 1.165) is 37.7 Å². The van der Waals surface area contributed by atoms with Gasteiger partial charge in [-0.25, -0.2) is 8.78 Å². The van der Waals surface area contributed by atoms with Crippen LogP contribution >= 0.6 is 0 Å². The van der Waals surface area contributed by atoms with E-state index in [0.29, 0.717) is 13.1 Å². The van der Waals surface area contributed by atoms with Crippen molar-refractivity contribution in [2.45, 2.75) is 12.8 Å². The minimum Gasteiger partial charge on any atom is -0.394 e. The molecule has 0 atom stereocenters. The molecule has 1 amide bonds. The number of nitrogens with two attached hydrogens (primary N) is 1. The monoisotopic (exact) mass is 295 g/mol. The Morgan fingerprint density at radius 1 is 1.14 bits per heavy atom. The van der Waals surface area contributed by atoms with Gasteiger partial charge in [0.1, 0.15) is 17.3 Å². The van der Waals surface area contributed by atoms with Gasteiger partial charge in [0.15, 0.2) is 0 Å². The molecule has 1 heterocycles. The summed E-state index contributed by atoms with van der Waals surface area (Å²) in [5, 5.41) is 0. The predicted octanol–water partition coefficient (Wildman–Crippen LogP) is 1.71. The molecule has 1 aromatic carbocycles. The Morgan fingerprint density at radius 2 is 1.71 bits per heavy atom. The lowest BCUT2D eigenvalue weighted by Crippen LogP contribution is -2.49. The van der Waals surface area contributed by atoms with Gasteiger partial charge in [0.25, 0.3) is 5.91 Å². The lowest BCUT2D eigenvalue weighted by molar-refractivity contribution is 0.0631. The summed E-state index contributed by atoms with van der Waals surface area (Å²) < 4.78 is 26.9. The molecular formula is C15H19F2N3O. The molecular weight excluding hydrogens is 276 g/mol. The van der Waals surface area contributed by atoms with Crippen molar-refractivity contribution in [2.24, 2.45) is 5.92 Å². The largest absolute Gasteiger partial charge is 0.394 e. The Balaban J connectivity index is 1.63. The molecule has 6 heteroatoms. The van der Waals surface area contributed by atoms with E-state index in [2.05, 4.69) is 4.90 Å². The molecule has 0 aromatic heterocycles. The summed E-state index contributed by atoms with van der Waals surface area (Å²) in [6, 6.07) is 2.02. The Kier molecular flexibility index (Phi) is 3.80. The second kappa shape index (κ2) is 5.60. The zero-order chi connectivity index (χ0) is 15.0. The SMILES string of the molecule is Nc1c(F)cc(C(=O)N2CCN(CC3CC3)CC2)cc1F. The van der Waals surface area contributed by atoms with Gasteiger partial charge in [-0.15, -0.1) is 0 Å². The molecule has 1 aliphatic heterocycles. The first-order chi connectivity index (χ1) is 10.0. The van der Waals surface area contributed by atoms with E-state index in [1.165, 1.54) is 12.8 Å². The zero-order valence-corrected chi connectivity index (χ0v) is 11.8. The van der Waals surface area contributed by atoms with E-state index in [1.807, 2.05) is 0 Å². The van der Waals surface area contributed by atoms with Gasteiger partial charge in [-0.1, -0.05) is 0 Å². The van der Waals surface area contributed by atoms with Crippen LogP contribution in [0, 0.1) is 17.6 Å². The van der Waals surface area contributed by atoms with Crippen LogP contribution in [0.3, 0.4) is 0 Å². The summed E-state index contributed by atoms with van der Waals surface area (Å²) in [5.41, 5.74) is 4.70. The first-order valence-electron chi connectivity index (χ1n) is 7.30. The number of carbonyl (C=O) groups excluding carboxylic acids is 1. The molecule has 2 aliphatic rings. The number of halogens is 2. The maximum Gasteiger partial charge on any atom is 0.254 e. The normalized spacial score (nSPS) is 19.8. The number of nitrogens with zero attached hydrogens (tertiary/aromatic N) is 2. The van der Waals surface area contributed by atoms with Crippen LogP contribution in [-0.2, 0) is 0 Å². The molecule has 1 aromatic rings. The number of benzene rings is 1. The molecule has 1 saturated carbocycles. The van der Waals surface area contributed by atoms with Crippen LogP contribution < -0.4 is 5.73 Å². The molecule has 4 nitrogen and oxygen atoms in total. The highest BCUT2D eigenvalue weighted by molar-refractivity contribution is 5.94. The highest BCUT2D eigenvalue weighted by Gasteiger charge is 2.28. The van der Waals surface area contributed by atoms with Gasteiger partial charge >= 0.3 is 0 Å². The van der Waals surface area contributed by atoms with Crippen LogP contribution in [0.25, 0.3) is 0 Å². The molecule has 21 heavy (non-hydrogen) atoms. The topological polar surface area (TPSA) is 49.6 Å². The van der Waals surface area contributed by atoms with Gasteiger partial charge in [-0.2, -0.15) is 0 Å². The number of anilines is 1. The number of hydrogen-bond donors (Lipinski definition) is 1.